The lowest BCUT2D eigenvalue weighted by Gasteiger charge is -2.30. The van der Waals surface area contributed by atoms with E-state index in [-0.39, 0.29) is 0 Å². The van der Waals surface area contributed by atoms with Gasteiger partial charge in [0.15, 0.2) is 8.24 Å². The lowest BCUT2D eigenvalue weighted by atomic mass is 10.8. The van der Waals surface area contributed by atoms with Gasteiger partial charge >= 0.3 is 0 Å². The predicted molar refractivity (Wildman–Crippen MR) is 72.7 cm³/mol. The first-order chi connectivity index (χ1) is 6.62. The molecule has 1 rings (SSSR count). The van der Waals surface area contributed by atoms with E-state index in [1.54, 1.807) is 0 Å². The van der Waals surface area contributed by atoms with Gasteiger partial charge < -0.3 is 8.80 Å². The molecule has 3 nitrogen and oxygen atoms in total. The Morgan fingerprint density at radius 1 is 1.13 bits per heavy atom. The van der Waals surface area contributed by atoms with E-state index in [9.17, 15) is 0 Å². The zero-order chi connectivity index (χ0) is 11.9. The van der Waals surface area contributed by atoms with Crippen LogP contribution in [0, 0.1) is 0 Å². The molecule has 0 N–H and O–H groups in total. The summed E-state index contributed by atoms with van der Waals surface area (Å²) in [6, 6.07) is 0. The van der Waals surface area contributed by atoms with Gasteiger partial charge in [-0.3, -0.25) is 0 Å². The Balaban J connectivity index is 2.95. The molecule has 0 aromatic carbocycles. The van der Waals surface area contributed by atoms with E-state index in [2.05, 4.69) is 66.3 Å². The number of nitrogens with zero attached hydrogens (tertiary/aromatic N) is 3. The number of anilines is 1. The molecule has 0 saturated carbocycles. The molecule has 0 bridgehead atoms. The molecule has 0 aliphatic rings. The molecule has 1 heterocycles. The van der Waals surface area contributed by atoms with Gasteiger partial charge in [-0.2, -0.15) is 0 Å². The molecule has 0 spiro atoms. The zero-order valence-corrected chi connectivity index (χ0v) is 13.0. The van der Waals surface area contributed by atoms with Gasteiger partial charge in [0.05, 0.1) is 6.33 Å². The fraction of sp³-hybridized carbons (Fsp3) is 0.700. The molecular weight excluding hydrogens is 218 g/mol. The van der Waals surface area contributed by atoms with Crippen LogP contribution in [0.2, 0.25) is 39.3 Å². The fourth-order valence-corrected chi connectivity index (χ4v) is 2.91. The first-order valence-electron chi connectivity index (χ1n) is 5.40. The minimum Gasteiger partial charge on any atom is -0.385 e. The number of imidazole rings is 1. The van der Waals surface area contributed by atoms with Crippen LogP contribution in [-0.4, -0.2) is 32.7 Å². The lowest BCUT2D eigenvalue weighted by Crippen LogP contribution is -2.43. The fourth-order valence-electron chi connectivity index (χ4n) is 1.20. The molecular formula is C10H23N3Si2. The van der Waals surface area contributed by atoms with Crippen molar-refractivity contribution in [3.8, 4) is 0 Å². The highest BCUT2D eigenvalue weighted by atomic mass is 28.3. The molecule has 0 aliphatic carbocycles. The second kappa shape index (κ2) is 3.79. The molecule has 0 radical (unpaired) electrons. The van der Waals surface area contributed by atoms with Gasteiger partial charge in [-0.1, -0.05) is 39.3 Å². The maximum absolute atomic E-state index is 4.51. The Bertz CT molecular complexity index is 333. The van der Waals surface area contributed by atoms with E-state index in [4.69, 9.17) is 0 Å². The minimum atomic E-state index is -1.27. The third kappa shape index (κ3) is 2.95. The van der Waals surface area contributed by atoms with Crippen molar-refractivity contribution in [1.29, 1.82) is 0 Å². The summed E-state index contributed by atoms with van der Waals surface area (Å²) in [6.45, 7) is 14.0. The Hall–Kier alpha value is -0.556. The van der Waals surface area contributed by atoms with Crippen LogP contribution in [0.15, 0.2) is 12.5 Å². The average molecular weight is 241 g/mol. The second-order valence-electron chi connectivity index (χ2n) is 6.04. The van der Waals surface area contributed by atoms with Crippen molar-refractivity contribution >= 4 is 22.3 Å². The maximum Gasteiger partial charge on any atom is 0.154 e. The molecule has 1 aromatic rings. The number of hydrogen-bond donors (Lipinski definition) is 0. The van der Waals surface area contributed by atoms with Crippen LogP contribution in [0.25, 0.3) is 0 Å². The van der Waals surface area contributed by atoms with Gasteiger partial charge in [-0.15, -0.1) is 0 Å². The highest BCUT2D eigenvalue weighted by Crippen LogP contribution is 2.18. The molecule has 5 heteroatoms. The number of hydrogen-bond acceptors (Lipinski definition) is 2. The topological polar surface area (TPSA) is 21.1 Å². The Morgan fingerprint density at radius 3 is 2.00 bits per heavy atom. The van der Waals surface area contributed by atoms with Gasteiger partial charge in [-0.05, 0) is 7.05 Å². The third-order valence-corrected chi connectivity index (χ3v) is 6.73. The van der Waals surface area contributed by atoms with Crippen LogP contribution in [0.3, 0.4) is 0 Å². The lowest BCUT2D eigenvalue weighted by molar-refractivity contribution is 1.12. The van der Waals surface area contributed by atoms with Crippen LogP contribution >= 0.6 is 0 Å². The Kier molecular flexibility index (Phi) is 3.16. The van der Waals surface area contributed by atoms with Crippen LogP contribution in [0.4, 0.5) is 5.82 Å². The van der Waals surface area contributed by atoms with Crippen molar-refractivity contribution in [2.45, 2.75) is 39.3 Å². The second-order valence-corrected chi connectivity index (χ2v) is 15.9. The van der Waals surface area contributed by atoms with Crippen LogP contribution in [0.5, 0.6) is 0 Å². The quantitative estimate of drug-likeness (QED) is 0.759. The number of rotatable bonds is 3. The summed E-state index contributed by atoms with van der Waals surface area (Å²) < 4.78 is 4.66. The molecule has 0 fully saturated rings. The summed E-state index contributed by atoms with van der Waals surface area (Å²) in [5.41, 5.74) is 0. The van der Waals surface area contributed by atoms with Gasteiger partial charge in [0.25, 0.3) is 0 Å². The van der Waals surface area contributed by atoms with Crippen molar-refractivity contribution in [3.05, 3.63) is 12.5 Å². The molecule has 0 saturated heterocycles. The summed E-state index contributed by atoms with van der Waals surface area (Å²) in [4.78, 5) is 4.51. The van der Waals surface area contributed by atoms with E-state index in [0.29, 0.717) is 0 Å². The molecule has 0 unspecified atom stereocenters. The standard InChI is InChI=1S/C10H23N3Si2/c1-12(14(2,3)4)10-8-13(9-11-10)15(5,6)7/h8-9H,1-7H3. The largest absolute Gasteiger partial charge is 0.385 e. The molecule has 15 heavy (non-hydrogen) atoms. The number of aromatic nitrogens is 2. The zero-order valence-electron chi connectivity index (χ0n) is 11.0. The van der Waals surface area contributed by atoms with Crippen molar-refractivity contribution in [2.75, 3.05) is 11.6 Å². The first-order valence-corrected chi connectivity index (χ1v) is 12.3. The monoisotopic (exact) mass is 241 g/mol. The van der Waals surface area contributed by atoms with Crippen molar-refractivity contribution in [1.82, 2.24) is 9.22 Å². The molecule has 1 aromatic heterocycles. The van der Waals surface area contributed by atoms with Crippen molar-refractivity contribution in [3.63, 3.8) is 0 Å². The van der Waals surface area contributed by atoms with E-state index in [1.807, 2.05) is 6.33 Å². The van der Waals surface area contributed by atoms with E-state index < -0.39 is 16.5 Å². The maximum atomic E-state index is 4.51. The average Bonchev–Trinajstić information content (AvgIpc) is 2.47. The molecule has 86 valence electrons. The highest BCUT2D eigenvalue weighted by molar-refractivity contribution is 6.79. The summed E-state index contributed by atoms with van der Waals surface area (Å²) in [6.07, 6.45) is 4.18. The predicted octanol–water partition coefficient (Wildman–Crippen LogP) is 2.84. The first kappa shape index (κ1) is 12.5. The Morgan fingerprint density at radius 2 is 1.67 bits per heavy atom. The third-order valence-electron chi connectivity index (χ3n) is 2.69. The summed E-state index contributed by atoms with van der Waals surface area (Å²) in [7, 11) is -0.393. The van der Waals surface area contributed by atoms with Crippen molar-refractivity contribution in [2.24, 2.45) is 0 Å². The smallest absolute Gasteiger partial charge is 0.154 e. The van der Waals surface area contributed by atoms with Gasteiger partial charge in [0.1, 0.15) is 14.1 Å². The van der Waals surface area contributed by atoms with Gasteiger partial charge in [0.2, 0.25) is 0 Å². The van der Waals surface area contributed by atoms with Gasteiger partial charge in [0, 0.05) is 6.20 Å². The Labute approximate surface area is 95.3 Å². The minimum absolute atomic E-state index is 1.12. The summed E-state index contributed by atoms with van der Waals surface area (Å²) in [5.74, 6) is 1.12. The highest BCUT2D eigenvalue weighted by Gasteiger charge is 2.24. The SMILES string of the molecule is CN(c1cn([Si](C)(C)C)cn1)[Si](C)(C)C. The van der Waals surface area contributed by atoms with Crippen molar-refractivity contribution < 1.29 is 0 Å². The molecule has 0 atom stereocenters. The van der Waals surface area contributed by atoms with E-state index in [0.717, 1.165) is 5.82 Å². The van der Waals surface area contributed by atoms with E-state index >= 15 is 0 Å². The normalized spacial score (nSPS) is 13.0. The van der Waals surface area contributed by atoms with Crippen LogP contribution in [0.1, 0.15) is 0 Å². The van der Waals surface area contributed by atoms with Gasteiger partial charge in [-0.25, -0.2) is 4.98 Å². The van der Waals surface area contributed by atoms with E-state index in [1.165, 1.54) is 0 Å². The van der Waals surface area contributed by atoms with Crippen LogP contribution in [-0.2, 0) is 0 Å². The molecule has 0 aliphatic heterocycles. The van der Waals surface area contributed by atoms with Crippen LogP contribution < -0.4 is 4.57 Å². The molecule has 0 amide bonds. The summed E-state index contributed by atoms with van der Waals surface area (Å²) >= 11 is 0. The summed E-state index contributed by atoms with van der Waals surface area (Å²) in [5, 5.41) is 0.